The molecule has 2 aromatic carbocycles. The predicted molar refractivity (Wildman–Crippen MR) is 105 cm³/mol. The lowest BCUT2D eigenvalue weighted by Crippen LogP contribution is -2.41. The summed E-state index contributed by atoms with van der Waals surface area (Å²) in [6.45, 7) is 0.619. The quantitative estimate of drug-likeness (QED) is 0.869. The third-order valence-electron chi connectivity index (χ3n) is 5.45. The highest BCUT2D eigenvalue weighted by atomic mass is 32.2. The molecule has 5 nitrogen and oxygen atoms in total. The minimum absolute atomic E-state index is 0.0245. The van der Waals surface area contributed by atoms with Crippen LogP contribution in [0.5, 0.6) is 0 Å². The fourth-order valence-corrected chi connectivity index (χ4v) is 4.77. The molecule has 2 aromatic rings. The van der Waals surface area contributed by atoms with E-state index in [0.717, 1.165) is 11.1 Å². The summed E-state index contributed by atoms with van der Waals surface area (Å²) >= 11 is 1.59. The average Bonchev–Trinajstić information content (AvgIpc) is 3.26. The standard InChI is InChI=1S/C21H21NO4S/c1-27-13-10-19(20(23)24)22(11-13)21(25)26-12-18-16-8-4-2-6-14(16)15-7-3-5-9-17(15)18/h2-9,13,18-19H,10-12H2,1H3,(H,23,24)/t13-,19-/m0/s1. The van der Waals surface area contributed by atoms with Crippen LogP contribution >= 0.6 is 11.8 Å². The highest BCUT2D eigenvalue weighted by Gasteiger charge is 2.40. The van der Waals surface area contributed by atoms with Crippen LogP contribution in [0.25, 0.3) is 11.1 Å². The number of amides is 1. The monoisotopic (exact) mass is 383 g/mol. The smallest absolute Gasteiger partial charge is 0.410 e. The van der Waals surface area contributed by atoms with Crippen molar-refractivity contribution in [3.8, 4) is 11.1 Å². The highest BCUT2D eigenvalue weighted by Crippen LogP contribution is 2.44. The van der Waals surface area contributed by atoms with Gasteiger partial charge in [-0.15, -0.1) is 0 Å². The summed E-state index contributed by atoms with van der Waals surface area (Å²) < 4.78 is 5.61. The molecule has 1 aliphatic carbocycles. The van der Waals surface area contributed by atoms with Gasteiger partial charge in [0.15, 0.2) is 0 Å². The first-order chi connectivity index (χ1) is 13.1. The van der Waals surface area contributed by atoms with Crippen LogP contribution in [0.15, 0.2) is 48.5 Å². The maximum Gasteiger partial charge on any atom is 0.410 e. The molecule has 27 heavy (non-hydrogen) atoms. The van der Waals surface area contributed by atoms with E-state index in [0.29, 0.717) is 13.0 Å². The number of rotatable bonds is 4. The van der Waals surface area contributed by atoms with Crippen LogP contribution < -0.4 is 0 Å². The summed E-state index contributed by atoms with van der Waals surface area (Å²) in [7, 11) is 0. The Labute approximate surface area is 162 Å². The maximum absolute atomic E-state index is 12.6. The number of hydrogen-bond donors (Lipinski definition) is 1. The topological polar surface area (TPSA) is 66.8 Å². The van der Waals surface area contributed by atoms with Gasteiger partial charge in [-0.3, -0.25) is 4.90 Å². The van der Waals surface area contributed by atoms with Crippen LogP contribution in [0.1, 0.15) is 23.5 Å². The van der Waals surface area contributed by atoms with Crippen molar-refractivity contribution in [1.29, 1.82) is 0 Å². The van der Waals surface area contributed by atoms with Gasteiger partial charge in [0.1, 0.15) is 12.6 Å². The lowest BCUT2D eigenvalue weighted by molar-refractivity contribution is -0.141. The Morgan fingerprint density at radius 1 is 1.11 bits per heavy atom. The molecular formula is C21H21NO4S. The van der Waals surface area contributed by atoms with Gasteiger partial charge in [-0.1, -0.05) is 48.5 Å². The zero-order valence-electron chi connectivity index (χ0n) is 15.0. The number of hydrogen-bond acceptors (Lipinski definition) is 4. The fraction of sp³-hybridized carbons (Fsp3) is 0.333. The van der Waals surface area contributed by atoms with Gasteiger partial charge in [0, 0.05) is 17.7 Å². The summed E-state index contributed by atoms with van der Waals surface area (Å²) in [5, 5.41) is 9.56. The molecule has 0 radical (unpaired) electrons. The number of carbonyl (C=O) groups excluding carboxylic acids is 1. The van der Waals surface area contributed by atoms with Crippen molar-refractivity contribution in [3.05, 3.63) is 59.7 Å². The lowest BCUT2D eigenvalue weighted by atomic mass is 9.98. The molecule has 1 aliphatic heterocycles. The minimum atomic E-state index is -0.972. The van der Waals surface area contributed by atoms with E-state index in [9.17, 15) is 14.7 Å². The number of aliphatic carboxylic acids is 1. The van der Waals surface area contributed by atoms with E-state index in [1.54, 1.807) is 11.8 Å². The molecule has 6 heteroatoms. The molecule has 1 amide bonds. The van der Waals surface area contributed by atoms with Crippen molar-refractivity contribution < 1.29 is 19.4 Å². The zero-order valence-corrected chi connectivity index (χ0v) is 15.8. The summed E-state index contributed by atoms with van der Waals surface area (Å²) in [6.07, 6.45) is 1.85. The van der Waals surface area contributed by atoms with Gasteiger partial charge in [-0.05, 0) is 34.9 Å². The predicted octanol–water partition coefficient (Wildman–Crippen LogP) is 3.83. The van der Waals surface area contributed by atoms with E-state index in [4.69, 9.17) is 4.74 Å². The SMILES string of the molecule is CS[C@H]1C[C@@H](C(=O)O)N(C(=O)OCC2c3ccccc3-c3ccccc32)C1. The Hall–Kier alpha value is -2.47. The first-order valence-corrected chi connectivity index (χ1v) is 10.3. The van der Waals surface area contributed by atoms with Crippen LogP contribution in [-0.2, 0) is 9.53 Å². The minimum Gasteiger partial charge on any atom is -0.480 e. The molecule has 140 valence electrons. The van der Waals surface area contributed by atoms with Crippen LogP contribution in [0.2, 0.25) is 0 Å². The van der Waals surface area contributed by atoms with Crippen molar-refractivity contribution in [3.63, 3.8) is 0 Å². The van der Waals surface area contributed by atoms with Crippen LogP contribution in [0.4, 0.5) is 4.79 Å². The Morgan fingerprint density at radius 2 is 1.70 bits per heavy atom. The molecule has 0 unspecified atom stereocenters. The van der Waals surface area contributed by atoms with Crippen molar-refractivity contribution >= 4 is 23.8 Å². The van der Waals surface area contributed by atoms with E-state index < -0.39 is 18.1 Å². The van der Waals surface area contributed by atoms with Crippen molar-refractivity contribution in [2.45, 2.75) is 23.6 Å². The molecule has 1 heterocycles. The third-order valence-corrected chi connectivity index (χ3v) is 6.46. The second kappa shape index (κ2) is 7.27. The number of benzene rings is 2. The first-order valence-electron chi connectivity index (χ1n) is 8.97. The Kier molecular flexibility index (Phi) is 4.83. The molecule has 2 atom stereocenters. The second-order valence-electron chi connectivity index (χ2n) is 6.90. The molecule has 0 saturated carbocycles. The van der Waals surface area contributed by atoms with Crippen molar-refractivity contribution in [2.24, 2.45) is 0 Å². The van der Waals surface area contributed by atoms with Gasteiger partial charge in [-0.25, -0.2) is 9.59 Å². The van der Waals surface area contributed by atoms with E-state index in [1.807, 2.05) is 30.5 Å². The summed E-state index contributed by atoms with van der Waals surface area (Å²) in [6, 6.07) is 15.5. The molecular weight excluding hydrogens is 362 g/mol. The summed E-state index contributed by atoms with van der Waals surface area (Å²) in [5.74, 6) is -0.997. The number of carboxylic acids is 1. The molecule has 1 N–H and O–H groups in total. The third kappa shape index (κ3) is 3.18. The second-order valence-corrected chi connectivity index (χ2v) is 8.04. The number of likely N-dealkylation sites (tertiary alicyclic amines) is 1. The fourth-order valence-electron chi connectivity index (χ4n) is 4.08. The van der Waals surface area contributed by atoms with Gasteiger partial charge >= 0.3 is 12.1 Å². The van der Waals surface area contributed by atoms with Gasteiger partial charge in [0.25, 0.3) is 0 Å². The zero-order chi connectivity index (χ0) is 19.0. The molecule has 1 saturated heterocycles. The largest absolute Gasteiger partial charge is 0.480 e. The average molecular weight is 383 g/mol. The lowest BCUT2D eigenvalue weighted by Gasteiger charge is -2.22. The Morgan fingerprint density at radius 3 is 2.26 bits per heavy atom. The van der Waals surface area contributed by atoms with Crippen molar-refractivity contribution in [1.82, 2.24) is 4.90 Å². The van der Waals surface area contributed by atoms with E-state index >= 15 is 0 Å². The maximum atomic E-state index is 12.6. The van der Waals surface area contributed by atoms with Crippen LogP contribution in [0, 0.1) is 0 Å². The van der Waals surface area contributed by atoms with Gasteiger partial charge in [-0.2, -0.15) is 11.8 Å². The number of carbonyl (C=O) groups is 2. The summed E-state index contributed by atoms with van der Waals surface area (Å²) in [4.78, 5) is 25.5. The van der Waals surface area contributed by atoms with Gasteiger partial charge < -0.3 is 9.84 Å². The highest BCUT2D eigenvalue weighted by molar-refractivity contribution is 7.99. The van der Waals surface area contributed by atoms with Gasteiger partial charge in [0.05, 0.1) is 0 Å². The number of fused-ring (bicyclic) bond motifs is 3. The van der Waals surface area contributed by atoms with Gasteiger partial charge in [0.2, 0.25) is 0 Å². The van der Waals surface area contributed by atoms with E-state index in [-0.39, 0.29) is 17.8 Å². The Balaban J connectivity index is 1.52. The number of nitrogens with zero attached hydrogens (tertiary/aromatic N) is 1. The van der Waals surface area contributed by atoms with Crippen LogP contribution in [0.3, 0.4) is 0 Å². The number of ether oxygens (including phenoxy) is 1. The van der Waals surface area contributed by atoms with Crippen LogP contribution in [-0.4, -0.2) is 52.8 Å². The van der Waals surface area contributed by atoms with E-state index in [2.05, 4.69) is 24.3 Å². The Bertz CT molecular complexity index is 838. The molecule has 4 rings (SSSR count). The number of thioether (sulfide) groups is 1. The van der Waals surface area contributed by atoms with Crippen molar-refractivity contribution in [2.75, 3.05) is 19.4 Å². The summed E-state index contributed by atoms with van der Waals surface area (Å²) in [5.41, 5.74) is 4.62. The number of carboxylic acid groups (broad SMARTS) is 1. The first kappa shape index (κ1) is 17.9. The molecule has 0 spiro atoms. The normalized spacial score (nSPS) is 21.0. The van der Waals surface area contributed by atoms with E-state index in [1.165, 1.54) is 16.0 Å². The molecule has 0 bridgehead atoms. The molecule has 1 fully saturated rings. The molecule has 2 aliphatic rings. The molecule has 0 aromatic heterocycles.